The molecule has 0 fully saturated rings. The third kappa shape index (κ3) is 5.66. The third-order valence-corrected chi connectivity index (χ3v) is 0.925. The summed E-state index contributed by atoms with van der Waals surface area (Å²) in [6.07, 6.45) is 3.99. The van der Waals surface area contributed by atoms with E-state index in [4.69, 9.17) is 5.73 Å². The van der Waals surface area contributed by atoms with Crippen molar-refractivity contribution in [3.05, 3.63) is 12.7 Å². The van der Waals surface area contributed by atoms with Gasteiger partial charge in [0.15, 0.2) is 0 Å². The van der Waals surface area contributed by atoms with Gasteiger partial charge in [0.05, 0.1) is 0 Å². The summed E-state index contributed by atoms with van der Waals surface area (Å²) in [4.78, 5) is 0. The monoisotopic (exact) mass is 116 g/mol. The van der Waals surface area contributed by atoms with E-state index >= 15 is 0 Å². The molecule has 0 radical (unpaired) electrons. The van der Waals surface area contributed by atoms with E-state index in [1.807, 2.05) is 0 Å². The number of hydrogen-bond donors (Lipinski definition) is 2. The van der Waals surface area contributed by atoms with E-state index < -0.39 is 0 Å². The lowest BCUT2D eigenvalue weighted by atomic mass is 10.2. The maximum Gasteiger partial charge on any atom is 0.0220 e. The van der Waals surface area contributed by atoms with Crippen molar-refractivity contribution in [3.63, 3.8) is 0 Å². The molecule has 0 rings (SSSR count). The summed E-state index contributed by atoms with van der Waals surface area (Å²) >= 11 is 0. The van der Waals surface area contributed by atoms with Crippen molar-refractivity contribution < 1.29 is 0 Å². The second kappa shape index (κ2) is 6.66. The number of nitrogens with two attached hydrogens (primary N) is 1. The quantitative estimate of drug-likeness (QED) is 0.548. The Balaban J connectivity index is 0. The van der Waals surface area contributed by atoms with E-state index in [2.05, 4.69) is 13.5 Å². The summed E-state index contributed by atoms with van der Waals surface area (Å²) in [5.41, 5.74) is 5.47. The molecule has 5 N–H and O–H groups in total. The molecule has 0 bridgehead atoms. The molecule has 0 aliphatic rings. The Kier molecular flexibility index (Phi) is 8.83. The highest BCUT2D eigenvalue weighted by atomic mass is 14.6. The van der Waals surface area contributed by atoms with Crippen molar-refractivity contribution in [3.8, 4) is 0 Å². The summed E-state index contributed by atoms with van der Waals surface area (Å²) < 4.78 is 0. The van der Waals surface area contributed by atoms with Gasteiger partial charge >= 0.3 is 0 Å². The van der Waals surface area contributed by atoms with E-state index in [1.165, 1.54) is 0 Å². The molecule has 0 heterocycles. The first-order chi connectivity index (χ1) is 3.31. The van der Waals surface area contributed by atoms with Gasteiger partial charge < -0.3 is 11.9 Å². The Hall–Kier alpha value is -0.340. The fraction of sp³-hybridized carbons (Fsp3) is 0.667. The van der Waals surface area contributed by atoms with Gasteiger partial charge in [-0.1, -0.05) is 19.4 Å². The van der Waals surface area contributed by atoms with Crippen molar-refractivity contribution >= 4 is 0 Å². The van der Waals surface area contributed by atoms with Gasteiger partial charge in [0.1, 0.15) is 0 Å². The summed E-state index contributed by atoms with van der Waals surface area (Å²) in [6, 6.07) is 0.213. The zero-order chi connectivity index (χ0) is 5.70. The van der Waals surface area contributed by atoms with Crippen LogP contribution < -0.4 is 11.9 Å². The first-order valence-electron chi connectivity index (χ1n) is 2.69. The smallest absolute Gasteiger partial charge is 0.0220 e. The lowest BCUT2D eigenvalue weighted by Crippen LogP contribution is -2.14. The molecule has 2 nitrogen and oxygen atoms in total. The fourth-order valence-corrected chi connectivity index (χ4v) is 0.451. The molecule has 0 saturated carbocycles. The molecule has 0 aromatic heterocycles. The van der Waals surface area contributed by atoms with Crippen molar-refractivity contribution in [2.45, 2.75) is 25.8 Å². The molecule has 0 aromatic carbocycles. The average Bonchev–Trinajstić information content (AvgIpc) is 1.68. The normalized spacial score (nSPS) is 11.8. The van der Waals surface area contributed by atoms with Crippen molar-refractivity contribution in [1.82, 2.24) is 6.15 Å². The molecule has 1 atom stereocenters. The molecule has 0 spiro atoms. The molecule has 8 heavy (non-hydrogen) atoms. The second-order valence-electron chi connectivity index (χ2n) is 1.69. The van der Waals surface area contributed by atoms with Crippen molar-refractivity contribution in [2.75, 3.05) is 0 Å². The molecule has 50 valence electrons. The minimum atomic E-state index is 0. The van der Waals surface area contributed by atoms with E-state index in [-0.39, 0.29) is 12.2 Å². The van der Waals surface area contributed by atoms with Crippen molar-refractivity contribution in [1.29, 1.82) is 0 Å². The van der Waals surface area contributed by atoms with Gasteiger partial charge in [0.25, 0.3) is 0 Å². The highest BCUT2D eigenvalue weighted by Crippen LogP contribution is 1.91. The minimum Gasteiger partial charge on any atom is -0.344 e. The predicted octanol–water partition coefficient (Wildman–Crippen LogP) is 1.46. The van der Waals surface area contributed by atoms with Crippen LogP contribution >= 0.6 is 0 Å². The number of rotatable bonds is 3. The first kappa shape index (κ1) is 10.6. The van der Waals surface area contributed by atoms with Gasteiger partial charge in [0.2, 0.25) is 0 Å². The predicted molar refractivity (Wildman–Crippen MR) is 38.1 cm³/mol. The molecule has 0 aliphatic heterocycles. The van der Waals surface area contributed by atoms with Crippen LogP contribution in [0.15, 0.2) is 12.7 Å². The molecule has 0 saturated heterocycles. The van der Waals surface area contributed by atoms with Crippen LogP contribution in [0.25, 0.3) is 0 Å². The second-order valence-corrected chi connectivity index (χ2v) is 1.69. The largest absolute Gasteiger partial charge is 0.344 e. The van der Waals surface area contributed by atoms with Gasteiger partial charge in [-0.2, -0.15) is 0 Å². The average molecular weight is 116 g/mol. The summed E-state index contributed by atoms with van der Waals surface area (Å²) in [7, 11) is 0. The van der Waals surface area contributed by atoms with Crippen LogP contribution in [0.1, 0.15) is 19.8 Å². The fourth-order valence-electron chi connectivity index (χ4n) is 0.451. The third-order valence-electron chi connectivity index (χ3n) is 0.925. The van der Waals surface area contributed by atoms with Gasteiger partial charge in [-0.15, -0.1) is 6.58 Å². The molecule has 2 heteroatoms. The van der Waals surface area contributed by atoms with Crippen LogP contribution in [0.4, 0.5) is 0 Å². The van der Waals surface area contributed by atoms with Gasteiger partial charge in [0, 0.05) is 6.04 Å². The van der Waals surface area contributed by atoms with E-state index in [0.29, 0.717) is 0 Å². The Bertz CT molecular complexity index is 52.5. The van der Waals surface area contributed by atoms with Crippen LogP contribution in [0.3, 0.4) is 0 Å². The zero-order valence-corrected chi connectivity index (χ0v) is 5.56. The van der Waals surface area contributed by atoms with E-state index in [9.17, 15) is 0 Å². The maximum atomic E-state index is 5.47. The van der Waals surface area contributed by atoms with Crippen LogP contribution in [0.2, 0.25) is 0 Å². The van der Waals surface area contributed by atoms with Gasteiger partial charge in [-0.3, -0.25) is 0 Å². The van der Waals surface area contributed by atoms with E-state index in [0.717, 1.165) is 12.8 Å². The van der Waals surface area contributed by atoms with Crippen LogP contribution in [0, 0.1) is 0 Å². The first-order valence-corrected chi connectivity index (χ1v) is 2.69. The minimum absolute atomic E-state index is 0. The summed E-state index contributed by atoms with van der Waals surface area (Å²) in [5, 5.41) is 0. The SMILES string of the molecule is C=CC(N)CCC.N. The van der Waals surface area contributed by atoms with Crippen LogP contribution in [-0.2, 0) is 0 Å². The molecule has 0 aliphatic carbocycles. The molecular formula is C6H16N2. The topological polar surface area (TPSA) is 61.0 Å². The maximum absolute atomic E-state index is 5.47. The molecule has 0 aromatic rings. The molecular weight excluding hydrogens is 100 g/mol. The van der Waals surface area contributed by atoms with E-state index in [1.54, 1.807) is 6.08 Å². The Morgan fingerprint density at radius 1 is 1.75 bits per heavy atom. The highest BCUT2D eigenvalue weighted by Gasteiger charge is 1.89. The lowest BCUT2D eigenvalue weighted by molar-refractivity contribution is 0.705. The molecule has 0 amide bonds. The zero-order valence-electron chi connectivity index (χ0n) is 5.56. The Labute approximate surface area is 51.3 Å². The van der Waals surface area contributed by atoms with Gasteiger partial charge in [-0.25, -0.2) is 0 Å². The summed E-state index contributed by atoms with van der Waals surface area (Å²) in [5.74, 6) is 0. The number of hydrogen-bond acceptors (Lipinski definition) is 2. The highest BCUT2D eigenvalue weighted by molar-refractivity contribution is 4.80. The Morgan fingerprint density at radius 2 is 2.25 bits per heavy atom. The Morgan fingerprint density at radius 3 is 2.38 bits per heavy atom. The van der Waals surface area contributed by atoms with Crippen LogP contribution in [-0.4, -0.2) is 6.04 Å². The van der Waals surface area contributed by atoms with Gasteiger partial charge in [-0.05, 0) is 6.42 Å². The lowest BCUT2D eigenvalue weighted by Gasteiger charge is -1.99. The summed E-state index contributed by atoms with van der Waals surface area (Å²) in [6.45, 7) is 5.67. The van der Waals surface area contributed by atoms with Crippen LogP contribution in [0.5, 0.6) is 0 Å². The standard InChI is InChI=1S/C6H13N.H3N/c1-3-5-6(7)4-2;/h4,6H,2-3,5,7H2,1H3;1H3. The van der Waals surface area contributed by atoms with Crippen molar-refractivity contribution in [2.24, 2.45) is 5.73 Å². The molecule has 1 unspecified atom stereocenters.